The molecular weight excluding hydrogens is 340 g/mol. The number of amides is 1. The van der Waals surface area contributed by atoms with Crippen molar-refractivity contribution in [1.29, 1.82) is 0 Å². The Morgan fingerprint density at radius 3 is 2.48 bits per heavy atom. The van der Waals surface area contributed by atoms with Crippen LogP contribution in [0, 0.1) is 0 Å². The molecule has 2 aliphatic rings. The summed E-state index contributed by atoms with van der Waals surface area (Å²) < 4.78 is 11.0. The first-order valence-corrected chi connectivity index (χ1v) is 10.5. The molecule has 150 valence electrons. The maximum Gasteiger partial charge on any atom is 0.234 e. The van der Waals surface area contributed by atoms with Gasteiger partial charge in [0.05, 0.1) is 20.8 Å². The van der Waals surface area contributed by atoms with Crippen molar-refractivity contribution in [2.75, 3.05) is 27.3 Å². The molecule has 0 bridgehead atoms. The number of ether oxygens (including phenoxy) is 2. The smallest absolute Gasteiger partial charge is 0.234 e. The number of hydrogen-bond acceptors (Lipinski definition) is 4. The molecule has 27 heavy (non-hydrogen) atoms. The number of carbonyl (C=O) groups is 1. The van der Waals surface area contributed by atoms with Crippen LogP contribution in [0.25, 0.3) is 0 Å². The lowest BCUT2D eigenvalue weighted by Gasteiger charge is -2.27. The molecule has 1 saturated carbocycles. The Labute approximate surface area is 163 Å². The molecule has 1 aliphatic heterocycles. The van der Waals surface area contributed by atoms with Crippen molar-refractivity contribution in [3.8, 4) is 11.5 Å². The zero-order valence-electron chi connectivity index (χ0n) is 16.8. The fourth-order valence-electron chi connectivity index (χ4n) is 4.53. The summed E-state index contributed by atoms with van der Waals surface area (Å²) in [6.45, 7) is 1.41. The molecule has 1 aliphatic carbocycles. The predicted molar refractivity (Wildman–Crippen MR) is 107 cm³/mol. The van der Waals surface area contributed by atoms with E-state index in [1.807, 2.05) is 12.1 Å². The number of nitrogens with zero attached hydrogens (tertiary/aromatic N) is 1. The van der Waals surface area contributed by atoms with Gasteiger partial charge in [0.2, 0.25) is 5.91 Å². The van der Waals surface area contributed by atoms with Gasteiger partial charge in [-0.2, -0.15) is 0 Å². The average molecular weight is 375 g/mol. The lowest BCUT2D eigenvalue weighted by molar-refractivity contribution is -0.123. The van der Waals surface area contributed by atoms with E-state index in [0.717, 1.165) is 49.3 Å². The Hall–Kier alpha value is -1.75. The molecule has 5 nitrogen and oxygen atoms in total. The molecular formula is C22H34N2O3. The molecule has 0 radical (unpaired) electrons. The van der Waals surface area contributed by atoms with Gasteiger partial charge in [0, 0.05) is 17.6 Å². The molecule has 1 aromatic rings. The third-order valence-electron chi connectivity index (χ3n) is 5.98. The minimum Gasteiger partial charge on any atom is -0.497 e. The van der Waals surface area contributed by atoms with Gasteiger partial charge in [-0.05, 0) is 50.4 Å². The van der Waals surface area contributed by atoms with Crippen LogP contribution in [0.15, 0.2) is 18.2 Å². The average Bonchev–Trinajstić information content (AvgIpc) is 3.11. The molecule has 1 N–H and O–H groups in total. The standard InChI is InChI=1S/C22H34N2O3/c1-26-18-12-13-21(27-2)19(15-18)20-11-8-14-24(20)16-22(25)23-17-9-6-4-3-5-7-10-17/h12-13,15,17,20H,3-11,14,16H2,1-2H3,(H,23,25). The van der Waals surface area contributed by atoms with Gasteiger partial charge >= 0.3 is 0 Å². The van der Waals surface area contributed by atoms with E-state index in [2.05, 4.69) is 16.3 Å². The lowest BCUT2D eigenvalue weighted by atomic mass is 9.97. The van der Waals surface area contributed by atoms with Crippen LogP contribution in [0.3, 0.4) is 0 Å². The summed E-state index contributed by atoms with van der Waals surface area (Å²) in [5.74, 6) is 1.86. The van der Waals surface area contributed by atoms with E-state index in [1.165, 1.54) is 32.1 Å². The van der Waals surface area contributed by atoms with E-state index in [-0.39, 0.29) is 11.9 Å². The number of hydrogen-bond donors (Lipinski definition) is 1. The number of nitrogens with one attached hydrogen (secondary N) is 1. The normalized spacial score (nSPS) is 22.1. The zero-order valence-corrected chi connectivity index (χ0v) is 16.8. The van der Waals surface area contributed by atoms with Gasteiger partial charge in [-0.25, -0.2) is 0 Å². The van der Waals surface area contributed by atoms with Crippen molar-refractivity contribution in [2.24, 2.45) is 0 Å². The number of methoxy groups -OCH3 is 2. The van der Waals surface area contributed by atoms with E-state index in [4.69, 9.17) is 9.47 Å². The molecule has 0 spiro atoms. The van der Waals surface area contributed by atoms with Gasteiger partial charge < -0.3 is 14.8 Å². The van der Waals surface area contributed by atoms with Crippen molar-refractivity contribution >= 4 is 5.91 Å². The fraction of sp³-hybridized carbons (Fsp3) is 0.682. The Balaban J connectivity index is 1.63. The second kappa shape index (κ2) is 9.98. The number of benzene rings is 1. The summed E-state index contributed by atoms with van der Waals surface area (Å²) in [7, 11) is 3.38. The molecule has 1 amide bonds. The molecule has 0 aromatic heterocycles. The number of likely N-dealkylation sites (tertiary alicyclic amines) is 1. The maximum absolute atomic E-state index is 12.7. The highest BCUT2D eigenvalue weighted by Crippen LogP contribution is 2.38. The second-order valence-electron chi connectivity index (χ2n) is 7.85. The minimum atomic E-state index is 0.161. The van der Waals surface area contributed by atoms with E-state index in [0.29, 0.717) is 12.6 Å². The van der Waals surface area contributed by atoms with Crippen LogP contribution < -0.4 is 14.8 Å². The number of rotatable bonds is 6. The maximum atomic E-state index is 12.7. The Morgan fingerprint density at radius 2 is 1.78 bits per heavy atom. The molecule has 1 heterocycles. The predicted octanol–water partition coefficient (Wildman–Crippen LogP) is 4.07. The summed E-state index contributed by atoms with van der Waals surface area (Å²) in [6.07, 6.45) is 10.8. The van der Waals surface area contributed by atoms with Crippen LogP contribution in [-0.2, 0) is 4.79 Å². The van der Waals surface area contributed by atoms with E-state index in [9.17, 15) is 4.79 Å². The van der Waals surface area contributed by atoms with E-state index >= 15 is 0 Å². The zero-order chi connectivity index (χ0) is 19.1. The quantitative estimate of drug-likeness (QED) is 0.815. The molecule has 5 heteroatoms. The van der Waals surface area contributed by atoms with Crippen LogP contribution in [0.4, 0.5) is 0 Å². The van der Waals surface area contributed by atoms with Gasteiger partial charge in [0.25, 0.3) is 0 Å². The Kier molecular flexibility index (Phi) is 7.39. The largest absolute Gasteiger partial charge is 0.497 e. The van der Waals surface area contributed by atoms with Gasteiger partial charge in [0.1, 0.15) is 11.5 Å². The van der Waals surface area contributed by atoms with Crippen molar-refractivity contribution in [2.45, 2.75) is 69.9 Å². The van der Waals surface area contributed by atoms with Crippen molar-refractivity contribution in [3.63, 3.8) is 0 Å². The highest BCUT2D eigenvalue weighted by molar-refractivity contribution is 5.78. The summed E-state index contributed by atoms with van der Waals surface area (Å²) in [4.78, 5) is 15.0. The van der Waals surface area contributed by atoms with Crippen LogP contribution in [0.2, 0.25) is 0 Å². The van der Waals surface area contributed by atoms with E-state index in [1.54, 1.807) is 14.2 Å². The Bertz CT molecular complexity index is 612. The lowest BCUT2D eigenvalue weighted by Crippen LogP contribution is -2.42. The van der Waals surface area contributed by atoms with Gasteiger partial charge in [-0.1, -0.05) is 32.1 Å². The third-order valence-corrected chi connectivity index (χ3v) is 5.98. The van der Waals surface area contributed by atoms with Gasteiger partial charge in [0.15, 0.2) is 0 Å². The Morgan fingerprint density at radius 1 is 1.04 bits per heavy atom. The highest BCUT2D eigenvalue weighted by Gasteiger charge is 2.30. The van der Waals surface area contributed by atoms with Crippen molar-refractivity contribution < 1.29 is 14.3 Å². The highest BCUT2D eigenvalue weighted by atomic mass is 16.5. The van der Waals surface area contributed by atoms with Crippen molar-refractivity contribution in [1.82, 2.24) is 10.2 Å². The fourth-order valence-corrected chi connectivity index (χ4v) is 4.53. The SMILES string of the molecule is COc1ccc(OC)c(C2CCCN2CC(=O)NC2CCCCCCC2)c1. The monoisotopic (exact) mass is 374 g/mol. The van der Waals surface area contributed by atoms with Gasteiger partial charge in [-0.3, -0.25) is 9.69 Å². The summed E-state index contributed by atoms with van der Waals surface area (Å²) in [6, 6.07) is 6.49. The number of carbonyl (C=O) groups excluding carboxylic acids is 1. The van der Waals surface area contributed by atoms with Crippen LogP contribution >= 0.6 is 0 Å². The van der Waals surface area contributed by atoms with Crippen LogP contribution in [0.5, 0.6) is 11.5 Å². The van der Waals surface area contributed by atoms with Crippen molar-refractivity contribution in [3.05, 3.63) is 23.8 Å². The van der Waals surface area contributed by atoms with Gasteiger partial charge in [-0.15, -0.1) is 0 Å². The first kappa shape index (κ1) is 20.0. The summed E-state index contributed by atoms with van der Waals surface area (Å²) >= 11 is 0. The topological polar surface area (TPSA) is 50.8 Å². The third kappa shape index (κ3) is 5.38. The summed E-state index contributed by atoms with van der Waals surface area (Å²) in [5.41, 5.74) is 1.12. The summed E-state index contributed by atoms with van der Waals surface area (Å²) in [5, 5.41) is 3.30. The molecule has 2 fully saturated rings. The molecule has 1 unspecified atom stereocenters. The first-order chi connectivity index (χ1) is 13.2. The minimum absolute atomic E-state index is 0.161. The molecule has 3 rings (SSSR count). The van der Waals surface area contributed by atoms with Crippen LogP contribution in [0.1, 0.15) is 69.4 Å². The first-order valence-electron chi connectivity index (χ1n) is 10.5. The van der Waals surface area contributed by atoms with Crippen LogP contribution in [-0.4, -0.2) is 44.2 Å². The molecule has 1 atom stereocenters. The van der Waals surface area contributed by atoms with E-state index < -0.39 is 0 Å². The second-order valence-corrected chi connectivity index (χ2v) is 7.85. The molecule has 1 saturated heterocycles. The molecule has 1 aromatic carbocycles.